The maximum atomic E-state index is 4.87. The van der Waals surface area contributed by atoms with Crippen molar-refractivity contribution in [3.05, 3.63) is 91.0 Å². The summed E-state index contributed by atoms with van der Waals surface area (Å²) in [6.07, 6.45) is 0. The molecule has 0 amide bonds. The van der Waals surface area contributed by atoms with Crippen LogP contribution in [0.15, 0.2) is 91.0 Å². The summed E-state index contributed by atoms with van der Waals surface area (Å²) in [5.41, 5.74) is 5.38. The molecule has 1 heterocycles. The van der Waals surface area contributed by atoms with Gasteiger partial charge in [0.1, 0.15) is 5.82 Å². The molecule has 0 aliphatic rings. The molecule has 0 aliphatic carbocycles. The lowest BCUT2D eigenvalue weighted by atomic mass is 10.1. The van der Waals surface area contributed by atoms with Crippen LogP contribution in [-0.4, -0.2) is 9.97 Å². The van der Waals surface area contributed by atoms with E-state index in [1.807, 2.05) is 54.6 Å². The zero-order valence-corrected chi connectivity index (χ0v) is 12.6. The van der Waals surface area contributed by atoms with Crippen molar-refractivity contribution < 1.29 is 0 Å². The van der Waals surface area contributed by atoms with Crippen LogP contribution in [0.2, 0.25) is 0 Å². The highest BCUT2D eigenvalue weighted by atomic mass is 14.9. The summed E-state index contributed by atoms with van der Waals surface area (Å²) in [5.74, 6) is 0.892. The normalized spacial score (nSPS) is 10.2. The van der Waals surface area contributed by atoms with Crippen molar-refractivity contribution in [2.75, 3.05) is 0 Å². The maximum Gasteiger partial charge on any atom is 0.138 e. The van der Waals surface area contributed by atoms with E-state index in [9.17, 15) is 0 Å². The van der Waals surface area contributed by atoms with Gasteiger partial charge in [-0.05, 0) is 0 Å². The van der Waals surface area contributed by atoms with Gasteiger partial charge in [0, 0.05) is 16.7 Å². The van der Waals surface area contributed by atoms with Crippen molar-refractivity contribution in [2.45, 2.75) is 7.43 Å². The third-order valence-electron chi connectivity index (χ3n) is 3.86. The third-order valence-corrected chi connectivity index (χ3v) is 3.86. The predicted octanol–water partition coefficient (Wildman–Crippen LogP) is 6.05. The van der Waals surface area contributed by atoms with Gasteiger partial charge < -0.3 is 4.98 Å². The van der Waals surface area contributed by atoms with E-state index in [1.165, 1.54) is 0 Å². The highest BCUT2D eigenvalue weighted by molar-refractivity contribution is 5.81. The molecule has 0 bridgehead atoms. The monoisotopic (exact) mass is 312 g/mol. The summed E-state index contributed by atoms with van der Waals surface area (Å²) in [7, 11) is 0. The van der Waals surface area contributed by atoms with Gasteiger partial charge in [0.2, 0.25) is 0 Å². The summed E-state index contributed by atoms with van der Waals surface area (Å²) >= 11 is 0. The number of benzene rings is 3. The number of aromatic amines is 1. The van der Waals surface area contributed by atoms with E-state index in [-0.39, 0.29) is 7.43 Å². The second-order valence-electron chi connectivity index (χ2n) is 5.41. The second kappa shape index (κ2) is 6.97. The van der Waals surface area contributed by atoms with Gasteiger partial charge in [-0.2, -0.15) is 0 Å². The number of imidazole rings is 1. The number of rotatable bonds is 3. The van der Waals surface area contributed by atoms with Crippen molar-refractivity contribution in [2.24, 2.45) is 0 Å². The van der Waals surface area contributed by atoms with E-state index in [2.05, 4.69) is 41.4 Å². The molecule has 0 unspecified atom stereocenters. The maximum absolute atomic E-state index is 4.87. The Morgan fingerprint density at radius 2 is 1.00 bits per heavy atom. The van der Waals surface area contributed by atoms with Gasteiger partial charge in [0.15, 0.2) is 0 Å². The van der Waals surface area contributed by atoms with Gasteiger partial charge in [-0.3, -0.25) is 0 Å². The molecule has 118 valence electrons. The van der Waals surface area contributed by atoms with Crippen molar-refractivity contribution in [1.29, 1.82) is 0 Å². The lowest BCUT2D eigenvalue weighted by Gasteiger charge is -2.02. The molecule has 0 saturated heterocycles. The quantitative estimate of drug-likeness (QED) is 0.490. The highest BCUT2D eigenvalue weighted by Gasteiger charge is 2.14. The van der Waals surface area contributed by atoms with Crippen LogP contribution in [-0.2, 0) is 0 Å². The number of H-pyrrole nitrogens is 1. The average Bonchev–Trinajstić information content (AvgIpc) is 3.09. The van der Waals surface area contributed by atoms with Crippen LogP contribution >= 0.6 is 0 Å². The van der Waals surface area contributed by atoms with Crippen LogP contribution in [0, 0.1) is 0 Å². The van der Waals surface area contributed by atoms with Gasteiger partial charge >= 0.3 is 0 Å². The molecule has 2 nitrogen and oxygen atoms in total. The molecule has 0 atom stereocenters. The first-order valence-corrected chi connectivity index (χ1v) is 7.68. The number of hydrogen-bond acceptors (Lipinski definition) is 1. The van der Waals surface area contributed by atoms with E-state index >= 15 is 0 Å². The average molecular weight is 312 g/mol. The number of hydrogen-bond donors (Lipinski definition) is 1. The lowest BCUT2D eigenvalue weighted by molar-refractivity contribution is 1.31. The first-order chi connectivity index (χ1) is 11.4. The zero-order valence-electron chi connectivity index (χ0n) is 12.6. The van der Waals surface area contributed by atoms with Crippen LogP contribution in [0.25, 0.3) is 33.9 Å². The van der Waals surface area contributed by atoms with E-state index in [4.69, 9.17) is 4.98 Å². The fourth-order valence-corrected chi connectivity index (χ4v) is 2.72. The Bertz CT molecular complexity index is 838. The highest BCUT2D eigenvalue weighted by Crippen LogP contribution is 2.32. The molecule has 0 aliphatic heterocycles. The minimum absolute atomic E-state index is 0. The van der Waals surface area contributed by atoms with E-state index < -0.39 is 0 Å². The summed E-state index contributed by atoms with van der Waals surface area (Å²) < 4.78 is 0. The van der Waals surface area contributed by atoms with Crippen molar-refractivity contribution in [1.82, 2.24) is 9.97 Å². The van der Waals surface area contributed by atoms with Gasteiger partial charge in [-0.15, -0.1) is 0 Å². The summed E-state index contributed by atoms with van der Waals surface area (Å²) in [6.45, 7) is 0. The van der Waals surface area contributed by atoms with Crippen molar-refractivity contribution in [3.63, 3.8) is 0 Å². The van der Waals surface area contributed by atoms with Crippen LogP contribution in [0.3, 0.4) is 0 Å². The lowest BCUT2D eigenvalue weighted by Crippen LogP contribution is -1.82. The van der Waals surface area contributed by atoms with E-state index in [1.54, 1.807) is 0 Å². The Morgan fingerprint density at radius 1 is 0.542 bits per heavy atom. The SMILES string of the molecule is C.c1ccc(-c2nc(-c3ccccc3)c(-c3ccccc3)[nH]2)cc1. The largest absolute Gasteiger partial charge is 0.337 e. The molecule has 1 aromatic heterocycles. The molecule has 4 aromatic rings. The first-order valence-electron chi connectivity index (χ1n) is 7.68. The van der Waals surface area contributed by atoms with Crippen molar-refractivity contribution in [3.8, 4) is 33.9 Å². The van der Waals surface area contributed by atoms with Gasteiger partial charge in [0.25, 0.3) is 0 Å². The number of aromatic nitrogens is 2. The zero-order chi connectivity index (χ0) is 15.5. The number of nitrogens with one attached hydrogen (secondary N) is 1. The molecule has 0 radical (unpaired) electrons. The Morgan fingerprint density at radius 3 is 1.54 bits per heavy atom. The van der Waals surface area contributed by atoms with E-state index in [0.717, 1.165) is 33.9 Å². The molecule has 4 rings (SSSR count). The summed E-state index contributed by atoms with van der Waals surface area (Å²) in [5, 5.41) is 0. The minimum Gasteiger partial charge on any atom is -0.337 e. The van der Waals surface area contributed by atoms with Crippen LogP contribution in [0.5, 0.6) is 0 Å². The van der Waals surface area contributed by atoms with Crippen LogP contribution in [0.1, 0.15) is 7.43 Å². The minimum atomic E-state index is 0. The fourth-order valence-electron chi connectivity index (χ4n) is 2.72. The molecule has 3 aromatic carbocycles. The van der Waals surface area contributed by atoms with Gasteiger partial charge in [0.05, 0.1) is 11.4 Å². The topological polar surface area (TPSA) is 28.7 Å². The molecule has 24 heavy (non-hydrogen) atoms. The predicted molar refractivity (Wildman–Crippen MR) is 102 cm³/mol. The standard InChI is InChI=1S/C21H16N2.CH4/c1-4-10-16(11-5-1)19-20(17-12-6-2-7-13-17)23-21(22-19)18-14-8-3-9-15-18;/h1-15H,(H,22,23);1H4. The Labute approximate surface area is 142 Å². The Hall–Kier alpha value is -3.13. The Balaban J connectivity index is 0.00000169. The van der Waals surface area contributed by atoms with E-state index in [0.29, 0.717) is 0 Å². The molecular formula is C22H20N2. The van der Waals surface area contributed by atoms with Crippen molar-refractivity contribution >= 4 is 0 Å². The molecule has 0 spiro atoms. The van der Waals surface area contributed by atoms with Gasteiger partial charge in [-0.25, -0.2) is 4.98 Å². The smallest absolute Gasteiger partial charge is 0.138 e. The Kier molecular flexibility index (Phi) is 4.57. The van der Waals surface area contributed by atoms with Crippen LogP contribution in [0.4, 0.5) is 0 Å². The molecule has 0 fully saturated rings. The first kappa shape index (κ1) is 15.8. The molecular weight excluding hydrogens is 292 g/mol. The molecule has 0 saturated carbocycles. The summed E-state index contributed by atoms with van der Waals surface area (Å²) in [6, 6.07) is 30.9. The fraction of sp³-hybridized carbons (Fsp3) is 0.0455. The second-order valence-corrected chi connectivity index (χ2v) is 5.41. The summed E-state index contributed by atoms with van der Waals surface area (Å²) in [4.78, 5) is 8.37. The third kappa shape index (κ3) is 2.99. The molecule has 2 heteroatoms. The van der Waals surface area contributed by atoms with Gasteiger partial charge in [-0.1, -0.05) is 98.4 Å². The molecule has 1 N–H and O–H groups in total. The number of nitrogens with zero attached hydrogens (tertiary/aromatic N) is 1. The van der Waals surface area contributed by atoms with Crippen LogP contribution < -0.4 is 0 Å².